The summed E-state index contributed by atoms with van der Waals surface area (Å²) in [6, 6.07) is 2.31. The molecular weight excluding hydrogens is 281 g/mol. The van der Waals surface area contributed by atoms with Gasteiger partial charge in [0.2, 0.25) is 5.95 Å². The molecule has 2 rings (SSSR count). The lowest BCUT2D eigenvalue weighted by Gasteiger charge is -2.24. The number of aromatic nitrogens is 2. The van der Waals surface area contributed by atoms with E-state index in [1.165, 1.54) is 0 Å². The van der Waals surface area contributed by atoms with Gasteiger partial charge in [-0.25, -0.2) is 9.97 Å². The number of hydrogen-bond donors (Lipinski definition) is 2. The molecule has 19 heavy (non-hydrogen) atoms. The molecule has 1 aliphatic rings. The molecule has 0 aromatic carbocycles. The minimum Gasteiger partial charge on any atom is -0.352 e. The lowest BCUT2D eigenvalue weighted by atomic mass is 10.2. The van der Waals surface area contributed by atoms with Gasteiger partial charge in [-0.05, 0) is 37.5 Å². The van der Waals surface area contributed by atoms with E-state index in [1.807, 2.05) is 13.1 Å². The number of thiol groups is 1. The van der Waals surface area contributed by atoms with Crippen LogP contribution >= 0.6 is 21.7 Å². The maximum Gasteiger partial charge on any atom is 0.225 e. The van der Waals surface area contributed by atoms with Gasteiger partial charge >= 0.3 is 0 Å². The Hall–Kier alpha value is -0.420. The average Bonchev–Trinajstić information content (AvgIpc) is 2.88. The fourth-order valence-electron chi connectivity index (χ4n) is 2.42. The molecule has 3 unspecified atom stereocenters. The molecule has 0 radical (unpaired) electrons. The van der Waals surface area contributed by atoms with Crippen molar-refractivity contribution in [3.05, 3.63) is 18.0 Å². The summed E-state index contributed by atoms with van der Waals surface area (Å²) >= 11 is 4.23. The van der Waals surface area contributed by atoms with E-state index in [2.05, 4.69) is 27.5 Å². The topological polar surface area (TPSA) is 58.5 Å². The molecule has 106 valence electrons. The molecule has 1 heterocycles. The molecular formula is C12H20N3O2PS. The van der Waals surface area contributed by atoms with E-state index in [9.17, 15) is 0 Å². The third-order valence-electron chi connectivity index (χ3n) is 3.51. The van der Waals surface area contributed by atoms with Crippen LogP contribution in [0.1, 0.15) is 25.0 Å². The molecule has 5 nitrogen and oxygen atoms in total. The van der Waals surface area contributed by atoms with Crippen LogP contribution in [0.15, 0.2) is 12.3 Å². The molecule has 1 fully saturated rings. The number of nitrogens with zero attached hydrogens (tertiary/aromatic N) is 3. The summed E-state index contributed by atoms with van der Waals surface area (Å²) in [6.45, 7) is 0. The Bertz CT molecular complexity index is 410. The second-order valence-corrected chi connectivity index (χ2v) is 5.60. The van der Waals surface area contributed by atoms with Gasteiger partial charge in [-0.1, -0.05) is 0 Å². The van der Waals surface area contributed by atoms with Gasteiger partial charge in [0, 0.05) is 25.0 Å². The van der Waals surface area contributed by atoms with Crippen molar-refractivity contribution in [1.82, 2.24) is 9.97 Å². The van der Waals surface area contributed by atoms with Crippen molar-refractivity contribution in [2.24, 2.45) is 0 Å². The first kappa shape index (κ1) is 15.0. The van der Waals surface area contributed by atoms with E-state index < -0.39 is 9.03 Å². The van der Waals surface area contributed by atoms with Crippen LogP contribution in [0.3, 0.4) is 0 Å². The highest BCUT2D eigenvalue weighted by molar-refractivity contribution is 7.80. The molecule has 0 saturated heterocycles. The van der Waals surface area contributed by atoms with Crippen LogP contribution in [-0.2, 0) is 10.9 Å². The van der Waals surface area contributed by atoms with Crippen LogP contribution in [0.4, 0.5) is 5.95 Å². The zero-order valence-corrected chi connectivity index (χ0v) is 12.9. The van der Waals surface area contributed by atoms with Crippen molar-refractivity contribution < 1.29 is 9.42 Å². The largest absolute Gasteiger partial charge is 0.352 e. The zero-order chi connectivity index (χ0) is 13.7. The predicted molar refractivity (Wildman–Crippen MR) is 81.0 cm³/mol. The van der Waals surface area contributed by atoms with E-state index >= 15 is 0 Å². The van der Waals surface area contributed by atoms with Crippen molar-refractivity contribution in [2.75, 3.05) is 17.7 Å². The molecule has 3 atom stereocenters. The third-order valence-corrected chi connectivity index (χ3v) is 4.17. The van der Waals surface area contributed by atoms with Crippen LogP contribution in [0, 0.1) is 0 Å². The summed E-state index contributed by atoms with van der Waals surface area (Å²) < 4.78 is 5.29. The fourth-order valence-corrected chi connectivity index (χ4v) is 3.01. The van der Waals surface area contributed by atoms with E-state index in [0.717, 1.165) is 43.1 Å². The SMILES string of the molecule is CN(c1nccc(CCS)n1)C1CCC(OPO)C1. The Morgan fingerprint density at radius 1 is 1.58 bits per heavy atom. The first-order valence-electron chi connectivity index (χ1n) is 6.45. The van der Waals surface area contributed by atoms with Crippen molar-refractivity contribution in [3.8, 4) is 0 Å². The maximum atomic E-state index is 8.82. The number of anilines is 1. The summed E-state index contributed by atoms with van der Waals surface area (Å²) in [5.41, 5.74) is 1.02. The maximum absolute atomic E-state index is 8.82. The highest BCUT2D eigenvalue weighted by Gasteiger charge is 2.29. The summed E-state index contributed by atoms with van der Waals surface area (Å²) in [5, 5.41) is 0. The summed E-state index contributed by atoms with van der Waals surface area (Å²) in [6.07, 6.45) is 5.77. The minimum atomic E-state index is -0.419. The van der Waals surface area contributed by atoms with Gasteiger partial charge in [0.1, 0.15) is 0 Å². The van der Waals surface area contributed by atoms with E-state index in [4.69, 9.17) is 9.42 Å². The molecule has 0 amide bonds. The average molecular weight is 301 g/mol. The van der Waals surface area contributed by atoms with E-state index in [-0.39, 0.29) is 6.10 Å². The molecule has 0 aliphatic heterocycles. The van der Waals surface area contributed by atoms with Gasteiger partial charge in [-0.2, -0.15) is 12.6 Å². The molecule has 1 N–H and O–H groups in total. The third kappa shape index (κ3) is 4.02. The molecule has 0 spiro atoms. The van der Waals surface area contributed by atoms with Crippen LogP contribution in [0.2, 0.25) is 0 Å². The quantitative estimate of drug-likeness (QED) is 0.620. The Kier molecular flexibility index (Phi) is 5.82. The highest BCUT2D eigenvalue weighted by atomic mass is 32.1. The monoisotopic (exact) mass is 301 g/mol. The van der Waals surface area contributed by atoms with Gasteiger partial charge in [0.25, 0.3) is 0 Å². The second kappa shape index (κ2) is 7.39. The number of aryl methyl sites for hydroxylation is 1. The van der Waals surface area contributed by atoms with Gasteiger partial charge in [0.05, 0.1) is 6.10 Å². The minimum absolute atomic E-state index is 0.163. The second-order valence-electron chi connectivity index (χ2n) is 4.73. The molecule has 1 aromatic rings. The number of rotatable bonds is 6. The van der Waals surface area contributed by atoms with Gasteiger partial charge in [-0.15, -0.1) is 0 Å². The Morgan fingerprint density at radius 3 is 3.16 bits per heavy atom. The van der Waals surface area contributed by atoms with Crippen LogP contribution in [0.25, 0.3) is 0 Å². The Labute approximate surface area is 121 Å². The Balaban J connectivity index is 1.99. The van der Waals surface area contributed by atoms with E-state index in [1.54, 1.807) is 6.20 Å². The van der Waals surface area contributed by atoms with Crippen LogP contribution in [-0.4, -0.2) is 39.8 Å². The van der Waals surface area contributed by atoms with Gasteiger partial charge in [0.15, 0.2) is 9.03 Å². The molecule has 0 bridgehead atoms. The Morgan fingerprint density at radius 2 is 2.42 bits per heavy atom. The zero-order valence-electron chi connectivity index (χ0n) is 11.0. The van der Waals surface area contributed by atoms with Crippen molar-refractivity contribution in [3.63, 3.8) is 0 Å². The summed E-state index contributed by atoms with van der Waals surface area (Å²) in [5.74, 6) is 1.55. The first-order chi connectivity index (χ1) is 9.24. The molecule has 1 aliphatic carbocycles. The normalized spacial score (nSPS) is 23.3. The standard InChI is InChI=1S/C12H20N3O2PS/c1-15(10-2-3-11(8-10)17-18-16)12-13-6-4-9(14-12)5-7-19/h4,6,10-11,16,18-19H,2-3,5,7-8H2,1H3. The lowest BCUT2D eigenvalue weighted by molar-refractivity contribution is 0.219. The number of hydrogen-bond acceptors (Lipinski definition) is 6. The van der Waals surface area contributed by atoms with Crippen molar-refractivity contribution >= 4 is 27.6 Å². The molecule has 1 saturated carbocycles. The summed E-state index contributed by atoms with van der Waals surface area (Å²) in [4.78, 5) is 19.8. The smallest absolute Gasteiger partial charge is 0.225 e. The van der Waals surface area contributed by atoms with Crippen LogP contribution < -0.4 is 4.90 Å². The molecule has 7 heteroatoms. The first-order valence-corrected chi connectivity index (χ1v) is 7.93. The highest BCUT2D eigenvalue weighted by Crippen LogP contribution is 2.30. The van der Waals surface area contributed by atoms with Gasteiger partial charge in [-0.3, -0.25) is 0 Å². The van der Waals surface area contributed by atoms with Crippen molar-refractivity contribution in [2.45, 2.75) is 37.8 Å². The summed E-state index contributed by atoms with van der Waals surface area (Å²) in [7, 11) is 1.60. The van der Waals surface area contributed by atoms with E-state index in [0.29, 0.717) is 6.04 Å². The predicted octanol–water partition coefficient (Wildman–Crippen LogP) is 1.82. The fraction of sp³-hybridized carbons (Fsp3) is 0.667. The molecule has 1 aromatic heterocycles. The van der Waals surface area contributed by atoms with Crippen LogP contribution in [0.5, 0.6) is 0 Å². The van der Waals surface area contributed by atoms with Crippen molar-refractivity contribution in [1.29, 1.82) is 0 Å². The lowest BCUT2D eigenvalue weighted by Crippen LogP contribution is -2.31. The van der Waals surface area contributed by atoms with Gasteiger partial charge < -0.3 is 14.3 Å².